The van der Waals surface area contributed by atoms with Crippen molar-refractivity contribution < 1.29 is 9.90 Å². The van der Waals surface area contributed by atoms with E-state index in [-0.39, 0.29) is 5.78 Å². The maximum absolute atomic E-state index is 10.9. The van der Waals surface area contributed by atoms with Crippen molar-refractivity contribution in [1.82, 2.24) is 0 Å². The van der Waals surface area contributed by atoms with Crippen LogP contribution in [0.5, 0.6) is 0 Å². The van der Waals surface area contributed by atoms with Crippen molar-refractivity contribution in [3.05, 3.63) is 24.8 Å². The lowest BCUT2D eigenvalue weighted by molar-refractivity contribution is -0.126. The predicted octanol–water partition coefficient (Wildman–Crippen LogP) is 1.07. The number of hydrogen-bond donors (Lipinski definition) is 1. The van der Waals surface area contributed by atoms with Gasteiger partial charge in [0.25, 0.3) is 0 Å². The van der Waals surface area contributed by atoms with Crippen molar-refractivity contribution in [3.8, 4) is 0 Å². The van der Waals surface area contributed by atoms with Crippen LogP contribution in [-0.4, -0.2) is 16.5 Å². The van der Waals surface area contributed by atoms with Gasteiger partial charge in [-0.15, -0.1) is 0 Å². The van der Waals surface area contributed by atoms with E-state index in [1.165, 1.54) is 19.1 Å². The fourth-order valence-electron chi connectivity index (χ4n) is 0.421. The average Bonchev–Trinajstić information content (AvgIpc) is 1.89. The molecule has 0 bridgehead atoms. The van der Waals surface area contributed by atoms with Gasteiger partial charge in [-0.05, 0) is 19.9 Å². The highest BCUT2D eigenvalue weighted by Crippen LogP contribution is 2.05. The number of hydrogen-bond acceptors (Lipinski definition) is 2. The molecule has 0 aromatic heterocycles. The van der Waals surface area contributed by atoms with Gasteiger partial charge in [-0.3, -0.25) is 4.79 Å². The molecule has 0 aliphatic rings. The topological polar surface area (TPSA) is 37.3 Å². The highest BCUT2D eigenvalue weighted by Gasteiger charge is 2.22. The van der Waals surface area contributed by atoms with Crippen LogP contribution in [-0.2, 0) is 4.79 Å². The number of carbonyl (C=O) groups excluding carboxylic acids is 1. The molecule has 0 spiro atoms. The summed E-state index contributed by atoms with van der Waals surface area (Å²) in [6.07, 6.45) is 4.12. The van der Waals surface area contributed by atoms with Crippen LogP contribution in [0.4, 0.5) is 0 Å². The lowest BCUT2D eigenvalue weighted by atomic mass is 10.0. The molecule has 10 heavy (non-hydrogen) atoms. The van der Waals surface area contributed by atoms with Gasteiger partial charge in [0.1, 0.15) is 5.60 Å². The van der Waals surface area contributed by atoms with E-state index >= 15 is 0 Å². The molecule has 1 unspecified atom stereocenters. The van der Waals surface area contributed by atoms with Gasteiger partial charge >= 0.3 is 0 Å². The van der Waals surface area contributed by atoms with Crippen molar-refractivity contribution >= 4 is 5.78 Å². The molecule has 0 amide bonds. The van der Waals surface area contributed by atoms with Gasteiger partial charge in [0, 0.05) is 0 Å². The Balaban J connectivity index is 4.33. The summed E-state index contributed by atoms with van der Waals surface area (Å²) in [5.41, 5.74) is -1.41. The molecule has 1 atom stereocenters. The summed E-state index contributed by atoms with van der Waals surface area (Å²) in [4.78, 5) is 10.9. The van der Waals surface area contributed by atoms with E-state index in [4.69, 9.17) is 0 Å². The van der Waals surface area contributed by atoms with E-state index in [0.717, 1.165) is 0 Å². The second-order valence-corrected chi connectivity index (χ2v) is 2.22. The Hall–Kier alpha value is -0.890. The average molecular weight is 140 g/mol. The Morgan fingerprint density at radius 1 is 1.70 bits per heavy atom. The van der Waals surface area contributed by atoms with Crippen molar-refractivity contribution in [2.45, 2.75) is 19.4 Å². The molecule has 1 N–H and O–H groups in total. The predicted molar refractivity (Wildman–Crippen MR) is 40.6 cm³/mol. The first-order valence-corrected chi connectivity index (χ1v) is 3.07. The molecular formula is C8H12O2. The summed E-state index contributed by atoms with van der Waals surface area (Å²) in [6.45, 7) is 6.46. The van der Waals surface area contributed by atoms with Crippen LogP contribution in [0, 0.1) is 0 Å². The van der Waals surface area contributed by atoms with Crippen LogP contribution >= 0.6 is 0 Å². The van der Waals surface area contributed by atoms with Gasteiger partial charge in [-0.25, -0.2) is 0 Å². The molecule has 0 saturated carbocycles. The van der Waals surface area contributed by atoms with E-state index in [0.29, 0.717) is 0 Å². The zero-order chi connectivity index (χ0) is 8.20. The summed E-state index contributed by atoms with van der Waals surface area (Å²) in [7, 11) is 0. The van der Waals surface area contributed by atoms with E-state index in [9.17, 15) is 9.90 Å². The largest absolute Gasteiger partial charge is 0.378 e. The molecule has 0 aliphatic carbocycles. The molecule has 0 rings (SSSR count). The SMILES string of the molecule is C=CC(C)(O)C(=O)/C=C/C. The van der Waals surface area contributed by atoms with Gasteiger partial charge in [-0.1, -0.05) is 18.7 Å². The third-order valence-corrected chi connectivity index (χ3v) is 1.21. The van der Waals surface area contributed by atoms with Crippen LogP contribution < -0.4 is 0 Å². The number of rotatable bonds is 3. The molecule has 2 nitrogen and oxygen atoms in total. The second kappa shape index (κ2) is 3.32. The van der Waals surface area contributed by atoms with E-state index in [2.05, 4.69) is 6.58 Å². The van der Waals surface area contributed by atoms with Gasteiger partial charge in [0.05, 0.1) is 0 Å². The molecule has 56 valence electrons. The summed E-state index contributed by atoms with van der Waals surface area (Å²) in [5, 5.41) is 9.20. The first-order valence-electron chi connectivity index (χ1n) is 3.07. The van der Waals surface area contributed by atoms with Crippen molar-refractivity contribution in [2.24, 2.45) is 0 Å². The fourth-order valence-corrected chi connectivity index (χ4v) is 0.421. The first-order chi connectivity index (χ1) is 4.54. The minimum absolute atomic E-state index is 0.343. The third kappa shape index (κ3) is 2.15. The summed E-state index contributed by atoms with van der Waals surface area (Å²) in [5.74, 6) is -0.343. The summed E-state index contributed by atoms with van der Waals surface area (Å²) in [6, 6.07) is 0. The standard InChI is InChI=1S/C8H12O2/c1-4-6-7(9)8(3,10)5-2/h4-6,10H,2H2,1,3H3/b6-4+. The second-order valence-electron chi connectivity index (χ2n) is 2.22. The Bertz CT molecular complexity index is 166. The minimum Gasteiger partial charge on any atom is -0.378 e. The third-order valence-electron chi connectivity index (χ3n) is 1.21. The lowest BCUT2D eigenvalue weighted by Crippen LogP contribution is -2.30. The van der Waals surface area contributed by atoms with Crippen molar-refractivity contribution in [3.63, 3.8) is 0 Å². The molecule has 0 heterocycles. The molecule has 0 saturated heterocycles. The van der Waals surface area contributed by atoms with Gasteiger partial charge in [0.2, 0.25) is 0 Å². The van der Waals surface area contributed by atoms with Gasteiger partial charge < -0.3 is 5.11 Å². The normalized spacial score (nSPS) is 16.7. The molecular weight excluding hydrogens is 128 g/mol. The molecule has 0 aromatic rings. The van der Waals surface area contributed by atoms with E-state index in [1.807, 2.05) is 0 Å². The Labute approximate surface area is 60.9 Å². The van der Waals surface area contributed by atoms with E-state index < -0.39 is 5.60 Å². The quantitative estimate of drug-likeness (QED) is 0.470. The number of ketones is 1. The first kappa shape index (κ1) is 9.11. The number of aliphatic hydroxyl groups is 1. The van der Waals surface area contributed by atoms with Crippen LogP contribution in [0.3, 0.4) is 0 Å². The highest BCUT2D eigenvalue weighted by molar-refractivity contribution is 5.97. The molecule has 2 heteroatoms. The van der Waals surface area contributed by atoms with Crippen LogP contribution in [0.15, 0.2) is 24.8 Å². The summed E-state index contributed by atoms with van der Waals surface area (Å²) < 4.78 is 0. The van der Waals surface area contributed by atoms with Crippen LogP contribution in [0.25, 0.3) is 0 Å². The molecule has 0 fully saturated rings. The minimum atomic E-state index is -1.41. The summed E-state index contributed by atoms with van der Waals surface area (Å²) >= 11 is 0. The zero-order valence-corrected chi connectivity index (χ0v) is 6.29. The maximum atomic E-state index is 10.9. The van der Waals surface area contributed by atoms with Crippen molar-refractivity contribution in [2.75, 3.05) is 0 Å². The monoisotopic (exact) mass is 140 g/mol. The number of allylic oxidation sites excluding steroid dienone is 1. The Kier molecular flexibility index (Phi) is 3.03. The Morgan fingerprint density at radius 2 is 2.20 bits per heavy atom. The lowest BCUT2D eigenvalue weighted by Gasteiger charge is -2.13. The van der Waals surface area contributed by atoms with Crippen LogP contribution in [0.2, 0.25) is 0 Å². The van der Waals surface area contributed by atoms with E-state index in [1.54, 1.807) is 13.0 Å². The van der Waals surface area contributed by atoms with Gasteiger partial charge in [-0.2, -0.15) is 0 Å². The van der Waals surface area contributed by atoms with Crippen molar-refractivity contribution in [1.29, 1.82) is 0 Å². The smallest absolute Gasteiger partial charge is 0.190 e. The highest BCUT2D eigenvalue weighted by atomic mass is 16.3. The Morgan fingerprint density at radius 3 is 2.50 bits per heavy atom. The van der Waals surface area contributed by atoms with Crippen LogP contribution in [0.1, 0.15) is 13.8 Å². The maximum Gasteiger partial charge on any atom is 0.190 e. The van der Waals surface area contributed by atoms with Gasteiger partial charge in [0.15, 0.2) is 5.78 Å². The molecule has 0 aliphatic heterocycles. The molecule has 0 aromatic carbocycles. The number of carbonyl (C=O) groups is 1. The zero-order valence-electron chi connectivity index (χ0n) is 6.29. The molecule has 0 radical (unpaired) electrons. The fraction of sp³-hybridized carbons (Fsp3) is 0.375.